The lowest BCUT2D eigenvalue weighted by Gasteiger charge is -2.24. The van der Waals surface area contributed by atoms with Crippen molar-refractivity contribution in [3.63, 3.8) is 0 Å². The molecule has 3 unspecified atom stereocenters. The summed E-state index contributed by atoms with van der Waals surface area (Å²) in [5.74, 6) is -1.71. The third kappa shape index (κ3) is 8.55. The second-order valence-electron chi connectivity index (χ2n) is 7.23. The molecule has 1 rings (SSSR count). The predicted molar refractivity (Wildman–Crippen MR) is 109 cm³/mol. The van der Waals surface area contributed by atoms with Crippen molar-refractivity contribution in [2.24, 2.45) is 5.41 Å². The Kier molecular flexibility index (Phi) is 10.4. The van der Waals surface area contributed by atoms with Crippen LogP contribution in [0.25, 0.3) is 0 Å². The first kappa shape index (κ1) is 26.4. The van der Waals surface area contributed by atoms with Gasteiger partial charge in [0.25, 0.3) is 0 Å². The number of aliphatic hydroxyl groups excluding tert-OH is 1. The first-order chi connectivity index (χ1) is 14.5. The minimum atomic E-state index is -1.54. The maximum atomic E-state index is 12.4. The molecular formula is C21H27ClO9. The first-order valence-corrected chi connectivity index (χ1v) is 10.0. The Labute approximate surface area is 185 Å². The van der Waals surface area contributed by atoms with Crippen LogP contribution >= 0.6 is 11.6 Å². The fourth-order valence-electron chi connectivity index (χ4n) is 2.01. The second-order valence-corrected chi connectivity index (χ2v) is 7.50. The van der Waals surface area contributed by atoms with Gasteiger partial charge in [0.2, 0.25) is 0 Å². The van der Waals surface area contributed by atoms with Crippen molar-refractivity contribution >= 4 is 35.5 Å². The number of aliphatic hydroxyl groups is 1. The highest BCUT2D eigenvalue weighted by atomic mass is 35.5. The number of hydrogen-bond acceptors (Lipinski definition) is 9. The molecule has 10 heteroatoms. The lowest BCUT2D eigenvalue weighted by atomic mass is 9.93. The number of benzene rings is 1. The number of Topliss-reactive ketones (excluding diaryl/α,β-unsaturated/α-hetero) is 1. The monoisotopic (exact) mass is 458 g/mol. The molecule has 1 aromatic rings. The summed E-state index contributed by atoms with van der Waals surface area (Å²) in [6, 6.07) is 7.10. The van der Waals surface area contributed by atoms with Crippen molar-refractivity contribution in [1.82, 2.24) is 0 Å². The molecule has 0 spiro atoms. The summed E-state index contributed by atoms with van der Waals surface area (Å²) < 4.78 is 19.7. The zero-order chi connectivity index (χ0) is 23.6. The Morgan fingerprint density at radius 3 is 2.10 bits per heavy atom. The fourth-order valence-corrected chi connectivity index (χ4v) is 2.19. The molecule has 0 radical (unpaired) electrons. The molecule has 1 N–H and O–H groups in total. The van der Waals surface area contributed by atoms with Crippen LogP contribution in [0.3, 0.4) is 0 Å². The number of hydrogen-bond donors (Lipinski definition) is 1. The summed E-state index contributed by atoms with van der Waals surface area (Å²) >= 11 is 5.72. The van der Waals surface area contributed by atoms with E-state index >= 15 is 0 Å². The van der Waals surface area contributed by atoms with Gasteiger partial charge in [0.1, 0.15) is 18.6 Å². The van der Waals surface area contributed by atoms with Gasteiger partial charge < -0.3 is 24.1 Å². The molecule has 0 bridgehead atoms. The van der Waals surface area contributed by atoms with Gasteiger partial charge in [-0.1, -0.05) is 24.3 Å². The predicted octanol–water partition coefficient (Wildman–Crippen LogP) is 2.53. The van der Waals surface area contributed by atoms with E-state index in [-0.39, 0.29) is 12.4 Å². The number of carbonyl (C=O) groups is 4. The van der Waals surface area contributed by atoms with E-state index in [0.29, 0.717) is 5.88 Å². The molecule has 0 heterocycles. The topological polar surface area (TPSA) is 125 Å². The number of halogens is 1. The summed E-state index contributed by atoms with van der Waals surface area (Å²) in [5.41, 5.74) is 0.0924. The number of rotatable bonds is 11. The average molecular weight is 459 g/mol. The summed E-state index contributed by atoms with van der Waals surface area (Å²) in [7, 11) is 0. The molecular weight excluding hydrogens is 432 g/mol. The van der Waals surface area contributed by atoms with Crippen LogP contribution in [0.15, 0.2) is 24.3 Å². The number of esters is 2. The van der Waals surface area contributed by atoms with E-state index in [0.717, 1.165) is 11.1 Å². The normalized spacial score (nSPS) is 14.5. The van der Waals surface area contributed by atoms with E-state index in [2.05, 4.69) is 0 Å². The van der Waals surface area contributed by atoms with Crippen molar-refractivity contribution in [2.75, 3.05) is 13.2 Å². The Bertz CT molecular complexity index is 778. The van der Waals surface area contributed by atoms with Crippen molar-refractivity contribution < 1.29 is 43.2 Å². The average Bonchev–Trinajstić information content (AvgIpc) is 2.75. The number of ketones is 1. The third-order valence-corrected chi connectivity index (χ3v) is 4.68. The smallest absolute Gasteiger partial charge is 0.460 e. The molecule has 31 heavy (non-hydrogen) atoms. The van der Waals surface area contributed by atoms with E-state index in [4.69, 9.17) is 30.5 Å². The summed E-state index contributed by atoms with van der Waals surface area (Å²) in [6.07, 6.45) is -3.56. The standard InChI is InChI=1S/C21H27ClO9/c1-13(24)14(2)30-18(25)15(3)31-20(27)29-12-21(4,11-23)19(26)28-10-17-7-5-16(9-22)6-8-17/h5-8,14-15,23H,9-12H2,1-4H3. The van der Waals surface area contributed by atoms with Crippen LogP contribution in [-0.4, -0.2) is 54.4 Å². The lowest BCUT2D eigenvalue weighted by molar-refractivity contribution is -0.165. The molecule has 1 aromatic carbocycles. The van der Waals surface area contributed by atoms with Gasteiger partial charge in [-0.25, -0.2) is 9.59 Å². The number of alkyl halides is 1. The van der Waals surface area contributed by atoms with Crippen LogP contribution in [0.4, 0.5) is 4.79 Å². The van der Waals surface area contributed by atoms with Crippen LogP contribution in [0.2, 0.25) is 0 Å². The molecule has 3 atom stereocenters. The first-order valence-electron chi connectivity index (χ1n) is 9.48. The van der Waals surface area contributed by atoms with E-state index in [1.807, 2.05) is 0 Å². The van der Waals surface area contributed by atoms with Crippen LogP contribution in [-0.2, 0) is 45.8 Å². The van der Waals surface area contributed by atoms with Gasteiger partial charge >= 0.3 is 18.1 Å². The van der Waals surface area contributed by atoms with Gasteiger partial charge in [-0.3, -0.25) is 9.59 Å². The van der Waals surface area contributed by atoms with Crippen molar-refractivity contribution in [3.05, 3.63) is 35.4 Å². The Morgan fingerprint density at radius 2 is 1.58 bits per heavy atom. The molecule has 0 aromatic heterocycles. The largest absolute Gasteiger partial charge is 0.509 e. The molecule has 0 saturated carbocycles. The van der Waals surface area contributed by atoms with Gasteiger partial charge in [0.15, 0.2) is 18.0 Å². The van der Waals surface area contributed by atoms with Gasteiger partial charge in [0, 0.05) is 5.88 Å². The van der Waals surface area contributed by atoms with E-state index < -0.39 is 48.9 Å². The highest BCUT2D eigenvalue weighted by Crippen LogP contribution is 2.20. The van der Waals surface area contributed by atoms with Crippen molar-refractivity contribution in [1.29, 1.82) is 0 Å². The van der Waals surface area contributed by atoms with Crippen LogP contribution in [0.1, 0.15) is 38.8 Å². The van der Waals surface area contributed by atoms with Gasteiger partial charge in [-0.05, 0) is 38.8 Å². The quantitative estimate of drug-likeness (QED) is 0.302. The van der Waals surface area contributed by atoms with Crippen LogP contribution in [0.5, 0.6) is 0 Å². The van der Waals surface area contributed by atoms with Crippen LogP contribution in [0, 0.1) is 5.41 Å². The van der Waals surface area contributed by atoms with Crippen molar-refractivity contribution in [2.45, 2.75) is 52.4 Å². The molecule has 9 nitrogen and oxygen atoms in total. The van der Waals surface area contributed by atoms with Gasteiger partial charge in [-0.15, -0.1) is 11.6 Å². The number of ether oxygens (including phenoxy) is 4. The second kappa shape index (κ2) is 12.3. The molecule has 0 aliphatic carbocycles. The fraction of sp³-hybridized carbons (Fsp3) is 0.524. The summed E-state index contributed by atoms with van der Waals surface area (Å²) in [5, 5.41) is 9.60. The summed E-state index contributed by atoms with van der Waals surface area (Å²) in [6.45, 7) is 3.99. The molecule has 0 aliphatic rings. The summed E-state index contributed by atoms with van der Waals surface area (Å²) in [4.78, 5) is 47.1. The number of carbonyl (C=O) groups excluding carboxylic acids is 4. The Morgan fingerprint density at radius 1 is 1.00 bits per heavy atom. The molecule has 0 fully saturated rings. The minimum Gasteiger partial charge on any atom is -0.460 e. The SMILES string of the molecule is CC(=O)C(C)OC(=O)C(C)OC(=O)OCC(C)(CO)C(=O)OCc1ccc(CCl)cc1. The highest BCUT2D eigenvalue weighted by molar-refractivity contribution is 6.17. The van der Waals surface area contributed by atoms with Gasteiger partial charge in [0.05, 0.1) is 6.61 Å². The van der Waals surface area contributed by atoms with Crippen molar-refractivity contribution in [3.8, 4) is 0 Å². The third-order valence-electron chi connectivity index (χ3n) is 4.37. The maximum absolute atomic E-state index is 12.4. The Balaban J connectivity index is 2.54. The molecule has 0 amide bonds. The Hall–Kier alpha value is -2.65. The minimum absolute atomic E-state index is 0.0430. The highest BCUT2D eigenvalue weighted by Gasteiger charge is 2.37. The van der Waals surface area contributed by atoms with E-state index in [9.17, 15) is 24.3 Å². The zero-order valence-corrected chi connectivity index (χ0v) is 18.6. The molecule has 172 valence electrons. The molecule has 0 saturated heterocycles. The lowest BCUT2D eigenvalue weighted by Crippen LogP contribution is -2.39. The zero-order valence-electron chi connectivity index (χ0n) is 17.9. The van der Waals surface area contributed by atoms with E-state index in [1.54, 1.807) is 24.3 Å². The molecule has 0 aliphatic heterocycles. The van der Waals surface area contributed by atoms with E-state index in [1.165, 1.54) is 27.7 Å². The maximum Gasteiger partial charge on any atom is 0.509 e. The van der Waals surface area contributed by atoms with Gasteiger partial charge in [-0.2, -0.15) is 0 Å². The van der Waals surface area contributed by atoms with Crippen LogP contribution < -0.4 is 0 Å².